The van der Waals surface area contributed by atoms with Crippen LogP contribution in [0.1, 0.15) is 28.8 Å². The Labute approximate surface area is 176 Å². The Morgan fingerprint density at radius 2 is 1.90 bits per heavy atom. The number of hydrogen-bond acceptors (Lipinski definition) is 5. The molecule has 0 amide bonds. The van der Waals surface area contributed by atoms with Crippen molar-refractivity contribution in [3.05, 3.63) is 82.8 Å². The van der Waals surface area contributed by atoms with Crippen molar-refractivity contribution in [1.82, 2.24) is 14.9 Å². The molecule has 2 aromatic heterocycles. The van der Waals surface area contributed by atoms with Gasteiger partial charge in [0.1, 0.15) is 6.10 Å². The molecule has 0 unspecified atom stereocenters. The normalized spacial score (nSPS) is 17.1. The number of aliphatic hydroxyl groups is 1. The largest absolute Gasteiger partial charge is 0.386 e. The number of aliphatic hydroxyl groups excluding tert-OH is 1. The molecular formula is C23H24ClN3O2. The van der Waals surface area contributed by atoms with Crippen molar-refractivity contribution in [2.24, 2.45) is 0 Å². The fourth-order valence-electron chi connectivity index (χ4n) is 3.94. The van der Waals surface area contributed by atoms with Crippen LogP contribution in [0.3, 0.4) is 0 Å². The Balaban J connectivity index is 1.78. The van der Waals surface area contributed by atoms with Crippen LogP contribution < -0.4 is 0 Å². The third-order valence-corrected chi connectivity index (χ3v) is 5.46. The van der Waals surface area contributed by atoms with Gasteiger partial charge < -0.3 is 9.84 Å². The van der Waals surface area contributed by atoms with E-state index in [1.165, 1.54) is 0 Å². The Morgan fingerprint density at radius 1 is 1.10 bits per heavy atom. The Hall–Kier alpha value is -2.31. The molecule has 3 heterocycles. The second-order valence-corrected chi connectivity index (χ2v) is 7.72. The summed E-state index contributed by atoms with van der Waals surface area (Å²) in [6.45, 7) is 4.80. The summed E-state index contributed by atoms with van der Waals surface area (Å²) in [5.41, 5.74) is 4.44. The third kappa shape index (κ3) is 4.49. The first-order valence-corrected chi connectivity index (χ1v) is 10.1. The van der Waals surface area contributed by atoms with E-state index in [1.807, 2.05) is 55.6 Å². The summed E-state index contributed by atoms with van der Waals surface area (Å²) in [4.78, 5) is 11.1. The molecular weight excluding hydrogens is 386 g/mol. The highest BCUT2D eigenvalue weighted by Crippen LogP contribution is 2.38. The monoisotopic (exact) mass is 409 g/mol. The second-order valence-electron chi connectivity index (χ2n) is 7.28. The molecule has 0 aliphatic carbocycles. The van der Waals surface area contributed by atoms with Crippen molar-refractivity contribution in [3.8, 4) is 11.3 Å². The average Bonchev–Trinajstić information content (AvgIpc) is 2.75. The van der Waals surface area contributed by atoms with Crippen molar-refractivity contribution in [1.29, 1.82) is 0 Å². The predicted molar refractivity (Wildman–Crippen MR) is 114 cm³/mol. The number of halogens is 1. The molecule has 1 saturated heterocycles. The van der Waals surface area contributed by atoms with Gasteiger partial charge in [-0.1, -0.05) is 23.7 Å². The van der Waals surface area contributed by atoms with E-state index in [0.29, 0.717) is 18.2 Å². The molecule has 1 N–H and O–H groups in total. The molecule has 5 nitrogen and oxygen atoms in total. The van der Waals surface area contributed by atoms with Crippen molar-refractivity contribution in [3.63, 3.8) is 0 Å². The van der Waals surface area contributed by atoms with E-state index >= 15 is 0 Å². The number of ether oxygens (including phenoxy) is 1. The van der Waals surface area contributed by atoms with Crippen LogP contribution in [0, 0.1) is 6.92 Å². The van der Waals surface area contributed by atoms with Gasteiger partial charge in [-0.25, -0.2) is 0 Å². The first kappa shape index (κ1) is 20.0. The summed E-state index contributed by atoms with van der Waals surface area (Å²) in [5.74, 6) is 0. The maximum Gasteiger partial charge on any atom is 0.101 e. The van der Waals surface area contributed by atoms with Gasteiger partial charge in [0, 0.05) is 47.8 Å². The fourth-order valence-corrected chi connectivity index (χ4v) is 4.23. The van der Waals surface area contributed by atoms with Gasteiger partial charge in [0.2, 0.25) is 0 Å². The summed E-state index contributed by atoms with van der Waals surface area (Å²) in [6.07, 6.45) is 4.54. The molecule has 6 heteroatoms. The van der Waals surface area contributed by atoms with Crippen LogP contribution in [0.2, 0.25) is 5.02 Å². The summed E-state index contributed by atoms with van der Waals surface area (Å²) in [6, 6.07) is 13.3. The lowest BCUT2D eigenvalue weighted by molar-refractivity contribution is -0.0238. The molecule has 0 bridgehead atoms. The van der Waals surface area contributed by atoms with E-state index in [4.69, 9.17) is 16.3 Å². The molecule has 0 saturated carbocycles. The van der Waals surface area contributed by atoms with Crippen LogP contribution in [0.25, 0.3) is 11.3 Å². The fraction of sp³-hybridized carbons (Fsp3) is 0.304. The van der Waals surface area contributed by atoms with E-state index < -0.39 is 6.10 Å². The number of hydrogen-bond donors (Lipinski definition) is 1. The van der Waals surface area contributed by atoms with Crippen molar-refractivity contribution >= 4 is 11.6 Å². The summed E-state index contributed by atoms with van der Waals surface area (Å²) < 4.78 is 5.52. The Morgan fingerprint density at radius 3 is 2.62 bits per heavy atom. The lowest BCUT2D eigenvalue weighted by Gasteiger charge is -2.37. The van der Waals surface area contributed by atoms with E-state index in [0.717, 1.165) is 41.0 Å². The van der Waals surface area contributed by atoms with Crippen LogP contribution in [-0.2, 0) is 4.74 Å². The standard InChI is InChI=1S/C23H24ClN3O2/c1-16-12-18(14-19(24)13-16)21-20(5-3-7-26-21)23(28)22(17-4-2-6-25-15-17)27-8-10-29-11-9-27/h2-7,12-15,22-23,28H,8-11H2,1H3/t22-,23+/m0/s1. The molecule has 3 aromatic rings. The number of morpholine rings is 1. The SMILES string of the molecule is Cc1cc(Cl)cc(-c2ncccc2[C@@H](O)[C@H](c2cccnc2)N2CCOCC2)c1. The third-order valence-electron chi connectivity index (χ3n) is 5.24. The number of rotatable bonds is 5. The molecule has 0 radical (unpaired) electrons. The van der Waals surface area contributed by atoms with Gasteiger partial charge in [0.25, 0.3) is 0 Å². The first-order valence-electron chi connectivity index (χ1n) is 9.76. The van der Waals surface area contributed by atoms with Gasteiger partial charge in [-0.3, -0.25) is 14.9 Å². The van der Waals surface area contributed by atoms with Crippen LogP contribution in [0.15, 0.2) is 61.1 Å². The van der Waals surface area contributed by atoms with Crippen LogP contribution in [-0.4, -0.2) is 46.3 Å². The Bertz CT molecular complexity index is 941. The quantitative estimate of drug-likeness (QED) is 0.684. The summed E-state index contributed by atoms with van der Waals surface area (Å²) in [7, 11) is 0. The highest BCUT2D eigenvalue weighted by atomic mass is 35.5. The summed E-state index contributed by atoms with van der Waals surface area (Å²) >= 11 is 6.29. The molecule has 1 fully saturated rings. The van der Waals surface area contributed by atoms with E-state index in [1.54, 1.807) is 12.4 Å². The zero-order valence-corrected chi connectivity index (χ0v) is 17.1. The van der Waals surface area contributed by atoms with Gasteiger partial charge in [-0.2, -0.15) is 0 Å². The molecule has 150 valence electrons. The minimum Gasteiger partial charge on any atom is -0.386 e. The maximum atomic E-state index is 11.6. The summed E-state index contributed by atoms with van der Waals surface area (Å²) in [5, 5.41) is 12.2. The van der Waals surface area contributed by atoms with Crippen LogP contribution in [0.4, 0.5) is 0 Å². The molecule has 0 spiro atoms. The van der Waals surface area contributed by atoms with Gasteiger partial charge >= 0.3 is 0 Å². The van der Waals surface area contributed by atoms with E-state index in [2.05, 4.69) is 14.9 Å². The zero-order valence-electron chi connectivity index (χ0n) is 16.3. The lowest BCUT2D eigenvalue weighted by atomic mass is 9.92. The zero-order chi connectivity index (χ0) is 20.2. The molecule has 29 heavy (non-hydrogen) atoms. The second kappa shape index (κ2) is 9.01. The van der Waals surface area contributed by atoms with Gasteiger partial charge in [-0.05, 0) is 48.4 Å². The minimum atomic E-state index is -0.778. The van der Waals surface area contributed by atoms with Gasteiger partial charge in [0.15, 0.2) is 0 Å². The number of aryl methyl sites for hydroxylation is 1. The highest BCUT2D eigenvalue weighted by Gasteiger charge is 2.32. The highest BCUT2D eigenvalue weighted by molar-refractivity contribution is 6.30. The van der Waals surface area contributed by atoms with Crippen molar-refractivity contribution < 1.29 is 9.84 Å². The first-order chi connectivity index (χ1) is 14.1. The Kier molecular flexibility index (Phi) is 6.21. The molecule has 2 atom stereocenters. The van der Waals surface area contributed by atoms with Gasteiger partial charge in [-0.15, -0.1) is 0 Å². The number of aromatic nitrogens is 2. The minimum absolute atomic E-state index is 0.240. The smallest absolute Gasteiger partial charge is 0.101 e. The average molecular weight is 410 g/mol. The molecule has 1 aliphatic rings. The molecule has 1 aromatic carbocycles. The van der Waals surface area contributed by atoms with E-state index in [-0.39, 0.29) is 6.04 Å². The lowest BCUT2D eigenvalue weighted by Crippen LogP contribution is -2.41. The van der Waals surface area contributed by atoms with E-state index in [9.17, 15) is 5.11 Å². The van der Waals surface area contributed by atoms with Crippen LogP contribution in [0.5, 0.6) is 0 Å². The predicted octanol–water partition coefficient (Wildman–Crippen LogP) is 4.21. The van der Waals surface area contributed by atoms with Crippen molar-refractivity contribution in [2.75, 3.05) is 26.3 Å². The number of nitrogens with zero attached hydrogens (tertiary/aromatic N) is 3. The van der Waals surface area contributed by atoms with Crippen LogP contribution >= 0.6 is 11.6 Å². The maximum absolute atomic E-state index is 11.6. The number of benzene rings is 1. The van der Waals surface area contributed by atoms with Gasteiger partial charge in [0.05, 0.1) is 24.9 Å². The number of pyridine rings is 2. The van der Waals surface area contributed by atoms with Crippen molar-refractivity contribution in [2.45, 2.75) is 19.1 Å². The molecule has 1 aliphatic heterocycles. The molecule has 4 rings (SSSR count). The topological polar surface area (TPSA) is 58.5 Å².